The van der Waals surface area contributed by atoms with Gasteiger partial charge in [-0.05, 0) is 46.5 Å². The maximum atomic E-state index is 6.22. The molecule has 0 radical (unpaired) electrons. The number of halogens is 1. The highest BCUT2D eigenvalue weighted by molar-refractivity contribution is 5.85. The lowest BCUT2D eigenvalue weighted by molar-refractivity contribution is 0.307. The topological polar surface area (TPSA) is 98.7 Å². The zero-order valence-electron chi connectivity index (χ0n) is 19.4. The van der Waals surface area contributed by atoms with Gasteiger partial charge in [0, 0.05) is 23.4 Å². The number of hydrogen-bond acceptors (Lipinski definition) is 7. The van der Waals surface area contributed by atoms with Crippen LogP contribution < -0.4 is 9.47 Å². The minimum atomic E-state index is 0. The number of tetrazole rings is 1. The lowest BCUT2D eigenvalue weighted by Gasteiger charge is -2.12. The summed E-state index contributed by atoms with van der Waals surface area (Å²) in [6.07, 6.45) is 0.814. The van der Waals surface area contributed by atoms with Crippen LogP contribution in [-0.2, 0) is 13.0 Å². The monoisotopic (exact) mass is 488 g/mol. The van der Waals surface area contributed by atoms with Gasteiger partial charge in [0.2, 0.25) is 5.88 Å². The molecule has 0 aliphatic rings. The van der Waals surface area contributed by atoms with Crippen LogP contribution in [-0.4, -0.2) is 37.2 Å². The van der Waals surface area contributed by atoms with Crippen LogP contribution >= 0.6 is 12.4 Å². The predicted molar refractivity (Wildman–Crippen MR) is 137 cm³/mol. The van der Waals surface area contributed by atoms with Crippen LogP contribution in [0, 0.1) is 0 Å². The molecule has 0 unspecified atom stereocenters. The van der Waals surface area contributed by atoms with Crippen LogP contribution in [0.4, 0.5) is 0 Å². The third kappa shape index (κ3) is 5.22. The fourth-order valence-electron chi connectivity index (χ4n) is 3.79. The Labute approximate surface area is 209 Å². The summed E-state index contributed by atoms with van der Waals surface area (Å²) in [6, 6.07) is 22.0. The number of aromatic nitrogens is 6. The number of aryl methyl sites for hydroxylation is 1. The van der Waals surface area contributed by atoms with E-state index in [0.29, 0.717) is 36.2 Å². The Morgan fingerprint density at radius 3 is 2.37 bits per heavy atom. The molecule has 0 saturated heterocycles. The number of benzene rings is 2. The average molecular weight is 489 g/mol. The first kappa shape index (κ1) is 24.1. The number of pyridine rings is 2. The lowest BCUT2D eigenvalue weighted by Crippen LogP contribution is -2.01. The largest absolute Gasteiger partial charge is 0.486 e. The molecule has 0 atom stereocenters. The van der Waals surface area contributed by atoms with E-state index in [2.05, 4.69) is 67.8 Å². The predicted octanol–water partition coefficient (Wildman–Crippen LogP) is 5.44. The number of ether oxygens (including phenoxy) is 2. The fraction of sp³-hybridized carbons (Fsp3) is 0.192. The lowest BCUT2D eigenvalue weighted by atomic mass is 9.98. The molecule has 8 nitrogen and oxygen atoms in total. The van der Waals surface area contributed by atoms with E-state index in [1.54, 1.807) is 0 Å². The number of aromatic amines is 1. The quantitative estimate of drug-likeness (QED) is 0.310. The van der Waals surface area contributed by atoms with Gasteiger partial charge in [-0.15, -0.1) is 17.5 Å². The van der Waals surface area contributed by atoms with Gasteiger partial charge in [0.25, 0.3) is 0 Å². The summed E-state index contributed by atoms with van der Waals surface area (Å²) in [6.45, 7) is 4.98. The third-order valence-corrected chi connectivity index (χ3v) is 5.48. The Morgan fingerprint density at radius 2 is 1.66 bits per heavy atom. The highest BCUT2D eigenvalue weighted by Gasteiger charge is 2.12. The summed E-state index contributed by atoms with van der Waals surface area (Å²) in [4.78, 5) is 9.28. The number of fused-ring (bicyclic) bond motifs is 1. The molecule has 5 rings (SSSR count). The van der Waals surface area contributed by atoms with Gasteiger partial charge in [-0.25, -0.2) is 10.1 Å². The molecule has 35 heavy (non-hydrogen) atoms. The maximum absolute atomic E-state index is 6.22. The van der Waals surface area contributed by atoms with Crippen molar-refractivity contribution >= 4 is 23.4 Å². The van der Waals surface area contributed by atoms with E-state index >= 15 is 0 Å². The minimum Gasteiger partial charge on any atom is -0.486 e. The number of nitrogens with zero attached hydrogens (tertiary/aromatic N) is 5. The summed E-state index contributed by atoms with van der Waals surface area (Å²) in [7, 11) is 0. The SMILES string of the molecule is CCOc1ccc2nc(CC)cc(OCc3ccc(-c4ccccc4-c4nnn[nH]4)cc3)c2n1.Cl. The van der Waals surface area contributed by atoms with Crippen molar-refractivity contribution in [3.63, 3.8) is 0 Å². The van der Waals surface area contributed by atoms with Gasteiger partial charge < -0.3 is 9.47 Å². The highest BCUT2D eigenvalue weighted by atomic mass is 35.5. The van der Waals surface area contributed by atoms with Gasteiger partial charge in [-0.3, -0.25) is 4.98 Å². The van der Waals surface area contributed by atoms with Crippen LogP contribution in [0.1, 0.15) is 25.1 Å². The van der Waals surface area contributed by atoms with Crippen molar-refractivity contribution in [3.8, 4) is 34.1 Å². The van der Waals surface area contributed by atoms with Crippen LogP contribution in [0.2, 0.25) is 0 Å². The van der Waals surface area contributed by atoms with Crippen LogP contribution in [0.25, 0.3) is 33.5 Å². The first-order valence-electron chi connectivity index (χ1n) is 11.2. The average Bonchev–Trinajstić information content (AvgIpc) is 3.43. The molecule has 0 spiro atoms. The van der Waals surface area contributed by atoms with Crippen molar-refractivity contribution in [2.24, 2.45) is 0 Å². The zero-order chi connectivity index (χ0) is 23.3. The van der Waals surface area contributed by atoms with Crippen molar-refractivity contribution in [2.45, 2.75) is 26.9 Å². The van der Waals surface area contributed by atoms with E-state index in [0.717, 1.165) is 39.9 Å². The summed E-state index contributed by atoms with van der Waals surface area (Å²) < 4.78 is 11.8. The first-order valence-corrected chi connectivity index (χ1v) is 11.2. The van der Waals surface area contributed by atoms with Crippen LogP contribution in [0.15, 0.2) is 66.7 Å². The Balaban J connectivity index is 0.00000289. The molecule has 5 aromatic rings. The Kier molecular flexibility index (Phi) is 7.52. The van der Waals surface area contributed by atoms with E-state index < -0.39 is 0 Å². The van der Waals surface area contributed by atoms with Crippen molar-refractivity contribution in [1.82, 2.24) is 30.6 Å². The molecule has 0 amide bonds. The van der Waals surface area contributed by atoms with E-state index in [9.17, 15) is 0 Å². The standard InChI is InChI=1S/C26H24N6O2.ClH/c1-3-19-15-23(25-22(27-19)13-14-24(28-25)33-4-2)34-16-17-9-11-18(12-10-17)20-7-5-6-8-21(20)26-29-31-32-30-26;/h5-15H,3-4,16H2,1-2H3,(H,29,30,31,32);1H. The number of hydrogen-bond donors (Lipinski definition) is 1. The van der Waals surface area contributed by atoms with Crippen molar-refractivity contribution in [3.05, 3.63) is 78.0 Å². The normalized spacial score (nSPS) is 10.7. The molecule has 178 valence electrons. The second kappa shape index (κ2) is 10.9. The van der Waals surface area contributed by atoms with Gasteiger partial charge in [0.05, 0.1) is 12.1 Å². The van der Waals surface area contributed by atoms with E-state index in [1.807, 2.05) is 43.3 Å². The van der Waals surface area contributed by atoms with Crippen molar-refractivity contribution < 1.29 is 9.47 Å². The fourth-order valence-corrected chi connectivity index (χ4v) is 3.79. The number of nitrogens with one attached hydrogen (secondary N) is 1. The van der Waals surface area contributed by atoms with Crippen molar-refractivity contribution in [1.29, 1.82) is 0 Å². The van der Waals surface area contributed by atoms with Gasteiger partial charge in [0.1, 0.15) is 17.9 Å². The summed E-state index contributed by atoms with van der Waals surface area (Å²) in [5.74, 6) is 1.91. The smallest absolute Gasteiger partial charge is 0.214 e. The molecular weight excluding hydrogens is 464 g/mol. The molecule has 1 N–H and O–H groups in total. The van der Waals surface area contributed by atoms with E-state index in [4.69, 9.17) is 9.47 Å². The summed E-state index contributed by atoms with van der Waals surface area (Å²) in [5, 5.41) is 14.3. The highest BCUT2D eigenvalue weighted by Crippen LogP contribution is 2.31. The summed E-state index contributed by atoms with van der Waals surface area (Å²) >= 11 is 0. The molecule has 3 aromatic heterocycles. The Morgan fingerprint density at radius 1 is 0.857 bits per heavy atom. The molecule has 0 aliphatic carbocycles. The van der Waals surface area contributed by atoms with Crippen LogP contribution in [0.5, 0.6) is 11.6 Å². The molecule has 0 fully saturated rings. The summed E-state index contributed by atoms with van der Waals surface area (Å²) in [5.41, 5.74) is 6.58. The second-order valence-electron chi connectivity index (χ2n) is 7.70. The van der Waals surface area contributed by atoms with Gasteiger partial charge in [-0.2, -0.15) is 0 Å². The number of rotatable bonds is 8. The molecule has 0 saturated carbocycles. The van der Waals surface area contributed by atoms with Crippen LogP contribution in [0.3, 0.4) is 0 Å². The van der Waals surface area contributed by atoms with E-state index in [1.165, 1.54) is 0 Å². The molecular formula is C26H25ClN6O2. The van der Waals surface area contributed by atoms with Crippen molar-refractivity contribution in [2.75, 3.05) is 6.61 Å². The van der Waals surface area contributed by atoms with E-state index in [-0.39, 0.29) is 12.4 Å². The van der Waals surface area contributed by atoms with Gasteiger partial charge >= 0.3 is 0 Å². The number of H-pyrrole nitrogens is 1. The molecule has 9 heteroatoms. The first-order chi connectivity index (χ1) is 16.7. The Hall–Kier alpha value is -4.04. The maximum Gasteiger partial charge on any atom is 0.214 e. The zero-order valence-corrected chi connectivity index (χ0v) is 20.2. The molecule has 0 aliphatic heterocycles. The molecule has 2 aromatic carbocycles. The molecule has 3 heterocycles. The van der Waals surface area contributed by atoms with Gasteiger partial charge in [0.15, 0.2) is 5.82 Å². The molecule has 0 bridgehead atoms. The second-order valence-corrected chi connectivity index (χ2v) is 7.70. The van der Waals surface area contributed by atoms with Gasteiger partial charge in [-0.1, -0.05) is 55.5 Å². The minimum absolute atomic E-state index is 0. The third-order valence-electron chi connectivity index (χ3n) is 5.48. The Bertz CT molecular complexity index is 1410.